The van der Waals surface area contributed by atoms with Crippen LogP contribution in [-0.2, 0) is 0 Å². The van der Waals surface area contributed by atoms with Gasteiger partial charge in [0, 0.05) is 18.7 Å². The topological polar surface area (TPSA) is 75.5 Å². The molecule has 1 aliphatic heterocycles. The van der Waals surface area contributed by atoms with Crippen LogP contribution in [0.4, 0.5) is 5.69 Å². The van der Waals surface area contributed by atoms with Crippen molar-refractivity contribution in [2.24, 2.45) is 0 Å². The van der Waals surface area contributed by atoms with E-state index in [-0.39, 0.29) is 17.6 Å². The van der Waals surface area contributed by atoms with Crippen LogP contribution in [0, 0.1) is 17.0 Å². The minimum atomic E-state index is -0.419. The lowest BCUT2D eigenvalue weighted by Crippen LogP contribution is -2.46. The average molecular weight is 311 g/mol. The monoisotopic (exact) mass is 311 g/mol. The summed E-state index contributed by atoms with van der Waals surface area (Å²) in [5, 5.41) is 14.2. The number of amides is 1. The molecule has 6 nitrogen and oxygen atoms in total. The third-order valence-corrected chi connectivity index (χ3v) is 4.80. The molecule has 1 aliphatic rings. The third kappa shape index (κ3) is 3.59. The molecule has 0 spiro atoms. The zero-order chi connectivity index (χ0) is 15.4. The van der Waals surface area contributed by atoms with Crippen molar-refractivity contribution in [3.8, 4) is 0 Å². The van der Waals surface area contributed by atoms with Gasteiger partial charge in [0.25, 0.3) is 11.6 Å². The largest absolute Gasteiger partial charge is 0.335 e. The van der Waals surface area contributed by atoms with E-state index in [2.05, 4.69) is 5.32 Å². The molecule has 0 bridgehead atoms. The van der Waals surface area contributed by atoms with Gasteiger partial charge in [-0.05, 0) is 39.3 Å². The van der Waals surface area contributed by atoms with Crippen LogP contribution in [0.2, 0.25) is 0 Å². The summed E-state index contributed by atoms with van der Waals surface area (Å²) in [6.07, 6.45) is 2.78. The second kappa shape index (κ2) is 7.00. The molecule has 0 aromatic carbocycles. The SMILES string of the molecule is CCCN(C(=O)c1cc([N+](=O)[O-])c(C)s1)C1CCNCC1. The predicted octanol–water partition coefficient (Wildman–Crippen LogP) is 2.57. The van der Waals surface area contributed by atoms with Crippen LogP contribution in [0.5, 0.6) is 0 Å². The van der Waals surface area contributed by atoms with E-state index in [1.807, 2.05) is 11.8 Å². The highest BCUT2D eigenvalue weighted by molar-refractivity contribution is 7.14. The summed E-state index contributed by atoms with van der Waals surface area (Å²) in [7, 11) is 0. The van der Waals surface area contributed by atoms with Crippen molar-refractivity contribution < 1.29 is 9.72 Å². The highest BCUT2D eigenvalue weighted by Gasteiger charge is 2.28. The summed E-state index contributed by atoms with van der Waals surface area (Å²) >= 11 is 1.22. The van der Waals surface area contributed by atoms with Gasteiger partial charge in [-0.2, -0.15) is 0 Å². The Kier molecular flexibility index (Phi) is 5.30. The quantitative estimate of drug-likeness (QED) is 0.670. The van der Waals surface area contributed by atoms with Crippen molar-refractivity contribution in [1.29, 1.82) is 0 Å². The van der Waals surface area contributed by atoms with Gasteiger partial charge in [-0.15, -0.1) is 11.3 Å². The van der Waals surface area contributed by atoms with Gasteiger partial charge in [-0.25, -0.2) is 0 Å². The first-order valence-corrected chi connectivity index (χ1v) is 8.12. The number of hydrogen-bond acceptors (Lipinski definition) is 5. The predicted molar refractivity (Wildman–Crippen MR) is 82.9 cm³/mol. The molecular weight excluding hydrogens is 290 g/mol. The highest BCUT2D eigenvalue weighted by atomic mass is 32.1. The Bertz CT molecular complexity index is 524. The van der Waals surface area contributed by atoms with Crippen molar-refractivity contribution in [2.75, 3.05) is 19.6 Å². The van der Waals surface area contributed by atoms with Gasteiger partial charge in [0.1, 0.15) is 0 Å². The maximum Gasteiger partial charge on any atom is 0.283 e. The number of nitrogens with zero attached hydrogens (tertiary/aromatic N) is 2. The molecule has 1 aromatic heterocycles. The summed E-state index contributed by atoms with van der Waals surface area (Å²) in [4.78, 5) is 26.2. The molecule has 116 valence electrons. The number of rotatable bonds is 5. The molecule has 2 heterocycles. The van der Waals surface area contributed by atoms with Crippen LogP contribution >= 0.6 is 11.3 Å². The first-order chi connectivity index (χ1) is 10.0. The summed E-state index contributed by atoms with van der Waals surface area (Å²) in [5.41, 5.74) is 0.0464. The van der Waals surface area contributed by atoms with Gasteiger partial charge in [-0.1, -0.05) is 6.92 Å². The van der Waals surface area contributed by atoms with Gasteiger partial charge in [0.05, 0.1) is 14.7 Å². The molecule has 7 heteroatoms. The van der Waals surface area contributed by atoms with Crippen LogP contribution in [0.25, 0.3) is 0 Å². The van der Waals surface area contributed by atoms with Crippen molar-refractivity contribution in [1.82, 2.24) is 10.2 Å². The van der Waals surface area contributed by atoms with E-state index < -0.39 is 4.92 Å². The Labute approximate surface area is 128 Å². The molecule has 0 radical (unpaired) electrons. The summed E-state index contributed by atoms with van der Waals surface area (Å²) < 4.78 is 0. The molecule has 0 aliphatic carbocycles. The Morgan fingerprint density at radius 1 is 1.52 bits per heavy atom. The zero-order valence-electron chi connectivity index (χ0n) is 12.4. The molecule has 0 atom stereocenters. The fourth-order valence-electron chi connectivity index (χ4n) is 2.71. The lowest BCUT2D eigenvalue weighted by molar-refractivity contribution is -0.385. The summed E-state index contributed by atoms with van der Waals surface area (Å²) in [6.45, 7) is 6.27. The fraction of sp³-hybridized carbons (Fsp3) is 0.643. The molecule has 0 saturated carbocycles. The summed E-state index contributed by atoms with van der Waals surface area (Å²) in [5.74, 6) is -0.0649. The van der Waals surface area contributed by atoms with Crippen molar-refractivity contribution in [3.05, 3.63) is 25.9 Å². The standard InChI is InChI=1S/C14H21N3O3S/c1-3-8-16(11-4-6-15-7-5-11)14(18)13-9-12(17(19)20)10(2)21-13/h9,11,15H,3-8H2,1-2H3. The van der Waals surface area contributed by atoms with E-state index in [0.29, 0.717) is 16.3 Å². The van der Waals surface area contributed by atoms with Gasteiger partial charge in [-0.3, -0.25) is 14.9 Å². The molecule has 1 amide bonds. The van der Waals surface area contributed by atoms with Crippen LogP contribution in [0.3, 0.4) is 0 Å². The first-order valence-electron chi connectivity index (χ1n) is 7.31. The number of aryl methyl sites for hydroxylation is 1. The van der Waals surface area contributed by atoms with Crippen LogP contribution < -0.4 is 5.32 Å². The molecular formula is C14H21N3O3S. The molecule has 1 N–H and O–H groups in total. The van der Waals surface area contributed by atoms with Gasteiger partial charge in [0.2, 0.25) is 0 Å². The normalized spacial score (nSPS) is 15.9. The number of thiophene rings is 1. The number of carbonyl (C=O) groups excluding carboxylic acids is 1. The van der Waals surface area contributed by atoms with Crippen molar-refractivity contribution in [3.63, 3.8) is 0 Å². The summed E-state index contributed by atoms with van der Waals surface area (Å²) in [6, 6.07) is 1.66. The average Bonchev–Trinajstić information content (AvgIpc) is 2.87. The number of nitrogens with one attached hydrogen (secondary N) is 1. The number of nitro groups is 1. The number of hydrogen-bond donors (Lipinski definition) is 1. The Hall–Kier alpha value is -1.47. The third-order valence-electron chi connectivity index (χ3n) is 3.77. The van der Waals surface area contributed by atoms with E-state index in [1.54, 1.807) is 6.92 Å². The highest BCUT2D eigenvalue weighted by Crippen LogP contribution is 2.30. The molecule has 1 saturated heterocycles. The fourth-order valence-corrected chi connectivity index (χ4v) is 3.65. The van der Waals surface area contributed by atoms with Gasteiger partial charge in [0.15, 0.2) is 0 Å². The second-order valence-electron chi connectivity index (χ2n) is 5.29. The van der Waals surface area contributed by atoms with Gasteiger partial charge < -0.3 is 10.2 Å². The van der Waals surface area contributed by atoms with E-state index >= 15 is 0 Å². The lowest BCUT2D eigenvalue weighted by atomic mass is 10.0. The van der Waals surface area contributed by atoms with E-state index in [0.717, 1.165) is 32.4 Å². The minimum absolute atomic E-state index is 0.0464. The van der Waals surface area contributed by atoms with Gasteiger partial charge >= 0.3 is 0 Å². The maximum atomic E-state index is 12.7. The second-order valence-corrected chi connectivity index (χ2v) is 6.55. The minimum Gasteiger partial charge on any atom is -0.335 e. The number of carbonyl (C=O) groups is 1. The maximum absolute atomic E-state index is 12.7. The van der Waals surface area contributed by atoms with Crippen LogP contribution in [0.15, 0.2) is 6.07 Å². The smallest absolute Gasteiger partial charge is 0.283 e. The molecule has 2 rings (SSSR count). The molecule has 0 unspecified atom stereocenters. The Balaban J connectivity index is 2.21. The Morgan fingerprint density at radius 3 is 2.71 bits per heavy atom. The van der Waals surface area contributed by atoms with Crippen LogP contribution in [-0.4, -0.2) is 41.4 Å². The van der Waals surface area contributed by atoms with Crippen LogP contribution in [0.1, 0.15) is 40.7 Å². The first kappa shape index (κ1) is 15.9. The van der Waals surface area contributed by atoms with Crippen molar-refractivity contribution >= 4 is 22.9 Å². The Morgan fingerprint density at radius 2 is 2.19 bits per heavy atom. The molecule has 21 heavy (non-hydrogen) atoms. The zero-order valence-corrected chi connectivity index (χ0v) is 13.2. The van der Waals surface area contributed by atoms with E-state index in [1.165, 1.54) is 17.4 Å². The lowest BCUT2D eigenvalue weighted by Gasteiger charge is -2.34. The molecule has 1 fully saturated rings. The van der Waals surface area contributed by atoms with E-state index in [4.69, 9.17) is 0 Å². The molecule has 1 aromatic rings. The number of piperidine rings is 1. The van der Waals surface area contributed by atoms with E-state index in [9.17, 15) is 14.9 Å². The van der Waals surface area contributed by atoms with Crippen molar-refractivity contribution in [2.45, 2.75) is 39.2 Å².